The summed E-state index contributed by atoms with van der Waals surface area (Å²) in [5.74, 6) is 0.695. The zero-order valence-corrected chi connectivity index (χ0v) is 14.4. The summed E-state index contributed by atoms with van der Waals surface area (Å²) < 4.78 is 0. The van der Waals surface area contributed by atoms with Crippen LogP contribution in [-0.4, -0.2) is 48.9 Å². The van der Waals surface area contributed by atoms with Crippen molar-refractivity contribution in [2.75, 3.05) is 26.2 Å². The Hall–Kier alpha value is -1.10. The lowest BCUT2D eigenvalue weighted by molar-refractivity contribution is -0.143. The van der Waals surface area contributed by atoms with Crippen LogP contribution < -0.4 is 10.6 Å². The summed E-state index contributed by atoms with van der Waals surface area (Å²) in [7, 11) is 0. The maximum Gasteiger partial charge on any atom is 0.227 e. The Balaban J connectivity index is 1.91. The average Bonchev–Trinajstić information content (AvgIpc) is 2.48. The van der Waals surface area contributed by atoms with Gasteiger partial charge in [0, 0.05) is 24.5 Å². The fourth-order valence-corrected chi connectivity index (χ4v) is 3.38. The first-order valence-corrected chi connectivity index (χ1v) is 8.59. The molecule has 5 nitrogen and oxygen atoms in total. The van der Waals surface area contributed by atoms with Gasteiger partial charge in [-0.3, -0.25) is 9.59 Å². The third-order valence-electron chi connectivity index (χ3n) is 4.83. The largest absolute Gasteiger partial charge is 0.353 e. The van der Waals surface area contributed by atoms with Gasteiger partial charge in [-0.05, 0) is 38.3 Å². The summed E-state index contributed by atoms with van der Waals surface area (Å²) in [4.78, 5) is 26.9. The zero-order chi connectivity index (χ0) is 16.3. The smallest absolute Gasteiger partial charge is 0.227 e. The number of amides is 2. The predicted molar refractivity (Wildman–Crippen MR) is 87.3 cm³/mol. The molecule has 22 heavy (non-hydrogen) atoms. The van der Waals surface area contributed by atoms with Crippen LogP contribution in [0.4, 0.5) is 0 Å². The lowest BCUT2D eigenvalue weighted by Gasteiger charge is -2.37. The van der Waals surface area contributed by atoms with Crippen molar-refractivity contribution in [1.82, 2.24) is 15.5 Å². The van der Waals surface area contributed by atoms with Gasteiger partial charge in [0.1, 0.15) is 0 Å². The fraction of sp³-hybridized carbons (Fsp3) is 0.882. The average molecular weight is 309 g/mol. The maximum absolute atomic E-state index is 12.6. The SMILES string of the molecule is CC1CNCCC1NC(=O)C1CCCN(C(=O)C(C)(C)C)C1. The molecule has 0 aromatic heterocycles. The lowest BCUT2D eigenvalue weighted by atomic mass is 9.90. The van der Waals surface area contributed by atoms with Gasteiger partial charge in [0.15, 0.2) is 0 Å². The van der Waals surface area contributed by atoms with E-state index in [4.69, 9.17) is 0 Å². The molecular weight excluding hydrogens is 278 g/mol. The number of rotatable bonds is 2. The van der Waals surface area contributed by atoms with E-state index >= 15 is 0 Å². The first kappa shape index (κ1) is 17.3. The van der Waals surface area contributed by atoms with Gasteiger partial charge in [0.05, 0.1) is 5.92 Å². The molecule has 0 aliphatic carbocycles. The van der Waals surface area contributed by atoms with Crippen molar-refractivity contribution in [3.63, 3.8) is 0 Å². The summed E-state index contributed by atoms with van der Waals surface area (Å²) in [5.41, 5.74) is -0.373. The molecule has 0 bridgehead atoms. The van der Waals surface area contributed by atoms with Crippen LogP contribution in [0.1, 0.15) is 47.0 Å². The van der Waals surface area contributed by atoms with E-state index in [1.807, 2.05) is 25.7 Å². The summed E-state index contributed by atoms with van der Waals surface area (Å²) in [6, 6.07) is 0.266. The van der Waals surface area contributed by atoms with Gasteiger partial charge in [-0.15, -0.1) is 0 Å². The number of piperidine rings is 2. The van der Waals surface area contributed by atoms with Crippen molar-refractivity contribution in [3.8, 4) is 0 Å². The van der Waals surface area contributed by atoms with Crippen LogP contribution >= 0.6 is 0 Å². The highest BCUT2D eigenvalue weighted by Crippen LogP contribution is 2.24. The Morgan fingerprint density at radius 3 is 2.59 bits per heavy atom. The van der Waals surface area contributed by atoms with Crippen LogP contribution in [-0.2, 0) is 9.59 Å². The number of nitrogens with zero attached hydrogens (tertiary/aromatic N) is 1. The number of carbonyl (C=O) groups excluding carboxylic acids is 2. The summed E-state index contributed by atoms with van der Waals surface area (Å²) in [6.07, 6.45) is 2.80. The van der Waals surface area contributed by atoms with Crippen LogP contribution in [0.15, 0.2) is 0 Å². The molecule has 2 aliphatic rings. The minimum Gasteiger partial charge on any atom is -0.353 e. The quantitative estimate of drug-likeness (QED) is 0.810. The van der Waals surface area contributed by atoms with Gasteiger partial charge in [0.2, 0.25) is 11.8 Å². The highest BCUT2D eigenvalue weighted by molar-refractivity contribution is 5.84. The molecule has 2 N–H and O–H groups in total. The van der Waals surface area contributed by atoms with Gasteiger partial charge in [-0.2, -0.15) is 0 Å². The maximum atomic E-state index is 12.6. The number of carbonyl (C=O) groups is 2. The molecule has 2 fully saturated rings. The Morgan fingerprint density at radius 1 is 1.23 bits per heavy atom. The van der Waals surface area contributed by atoms with E-state index in [1.54, 1.807) is 0 Å². The van der Waals surface area contributed by atoms with E-state index in [9.17, 15) is 9.59 Å². The minimum absolute atomic E-state index is 0.0536. The zero-order valence-electron chi connectivity index (χ0n) is 14.4. The Labute approximate surface area is 134 Å². The van der Waals surface area contributed by atoms with Gasteiger partial charge in [-0.1, -0.05) is 27.7 Å². The summed E-state index contributed by atoms with van der Waals surface area (Å²) in [6.45, 7) is 11.3. The number of likely N-dealkylation sites (tertiary alicyclic amines) is 1. The Morgan fingerprint density at radius 2 is 1.95 bits per heavy atom. The van der Waals surface area contributed by atoms with Crippen LogP contribution in [0.2, 0.25) is 0 Å². The molecule has 2 heterocycles. The Bertz CT molecular complexity index is 417. The van der Waals surface area contributed by atoms with Crippen molar-refractivity contribution in [3.05, 3.63) is 0 Å². The molecule has 2 amide bonds. The van der Waals surface area contributed by atoms with E-state index in [0.29, 0.717) is 12.5 Å². The van der Waals surface area contributed by atoms with Crippen molar-refractivity contribution in [1.29, 1.82) is 0 Å². The first-order chi connectivity index (χ1) is 10.3. The molecule has 0 saturated carbocycles. The molecule has 2 saturated heterocycles. The first-order valence-electron chi connectivity index (χ1n) is 8.59. The second kappa shape index (κ2) is 6.99. The highest BCUT2D eigenvalue weighted by Gasteiger charge is 2.34. The van der Waals surface area contributed by atoms with Crippen molar-refractivity contribution in [2.45, 2.75) is 53.0 Å². The van der Waals surface area contributed by atoms with Gasteiger partial charge < -0.3 is 15.5 Å². The highest BCUT2D eigenvalue weighted by atomic mass is 16.2. The number of hydrogen-bond donors (Lipinski definition) is 2. The normalized spacial score (nSPS) is 30.0. The lowest BCUT2D eigenvalue weighted by Crippen LogP contribution is -2.53. The van der Waals surface area contributed by atoms with Gasteiger partial charge in [0.25, 0.3) is 0 Å². The van der Waals surface area contributed by atoms with Crippen molar-refractivity contribution in [2.24, 2.45) is 17.3 Å². The number of hydrogen-bond acceptors (Lipinski definition) is 3. The molecule has 3 unspecified atom stereocenters. The van der Waals surface area contributed by atoms with Crippen LogP contribution in [0.3, 0.4) is 0 Å². The van der Waals surface area contributed by atoms with E-state index < -0.39 is 0 Å². The molecule has 3 atom stereocenters. The predicted octanol–water partition coefficient (Wildman–Crippen LogP) is 1.39. The Kier molecular flexibility index (Phi) is 5.48. The topological polar surface area (TPSA) is 61.4 Å². The summed E-state index contributed by atoms with van der Waals surface area (Å²) >= 11 is 0. The number of nitrogens with one attached hydrogen (secondary N) is 2. The monoisotopic (exact) mass is 309 g/mol. The molecule has 2 rings (SSSR count). The van der Waals surface area contributed by atoms with Crippen molar-refractivity contribution >= 4 is 11.8 Å². The third kappa shape index (κ3) is 4.22. The van der Waals surface area contributed by atoms with Crippen molar-refractivity contribution < 1.29 is 9.59 Å². The standard InChI is InChI=1S/C17H31N3O2/c1-12-10-18-8-7-14(12)19-15(21)13-6-5-9-20(11-13)16(22)17(2,3)4/h12-14,18H,5-11H2,1-4H3,(H,19,21). The minimum atomic E-state index is -0.373. The molecule has 0 spiro atoms. The van der Waals surface area contributed by atoms with Gasteiger partial charge >= 0.3 is 0 Å². The molecule has 0 aromatic rings. The molecule has 5 heteroatoms. The fourth-order valence-electron chi connectivity index (χ4n) is 3.38. The van der Waals surface area contributed by atoms with E-state index in [1.165, 1.54) is 0 Å². The van der Waals surface area contributed by atoms with Crippen LogP contribution in [0, 0.1) is 17.3 Å². The van der Waals surface area contributed by atoms with E-state index in [-0.39, 0.29) is 29.2 Å². The van der Waals surface area contributed by atoms with Crippen LogP contribution in [0.5, 0.6) is 0 Å². The molecule has 126 valence electrons. The molecule has 2 aliphatic heterocycles. The van der Waals surface area contributed by atoms with Crippen LogP contribution in [0.25, 0.3) is 0 Å². The second-order valence-electron chi connectivity index (χ2n) is 7.93. The van der Waals surface area contributed by atoms with E-state index in [2.05, 4.69) is 17.6 Å². The molecular formula is C17H31N3O2. The second-order valence-corrected chi connectivity index (χ2v) is 7.93. The molecule has 0 aromatic carbocycles. The van der Waals surface area contributed by atoms with Gasteiger partial charge in [-0.25, -0.2) is 0 Å². The summed E-state index contributed by atoms with van der Waals surface area (Å²) in [5, 5.41) is 6.57. The third-order valence-corrected chi connectivity index (χ3v) is 4.83. The molecule has 0 radical (unpaired) electrons. The van der Waals surface area contributed by atoms with E-state index in [0.717, 1.165) is 38.9 Å².